The van der Waals surface area contributed by atoms with E-state index in [0.29, 0.717) is 0 Å². The summed E-state index contributed by atoms with van der Waals surface area (Å²) in [5.41, 5.74) is 15.5. The molecule has 0 saturated carbocycles. The van der Waals surface area contributed by atoms with E-state index in [1.54, 1.807) is 0 Å². The zero-order valence-electron chi connectivity index (χ0n) is 37.6. The Kier molecular flexibility index (Phi) is 8.90. The van der Waals surface area contributed by atoms with E-state index in [1.807, 2.05) is 0 Å². The summed E-state index contributed by atoms with van der Waals surface area (Å²) in [6.07, 6.45) is 0. The summed E-state index contributed by atoms with van der Waals surface area (Å²) in [6.45, 7) is 0. The van der Waals surface area contributed by atoms with Gasteiger partial charge in [0.05, 0.1) is 16.7 Å². The molecule has 0 aliphatic carbocycles. The fourth-order valence-electron chi connectivity index (χ4n) is 10.8. The maximum Gasteiger partial charge on any atom is 0.136 e. The second kappa shape index (κ2) is 15.7. The molecule has 0 fully saturated rings. The van der Waals surface area contributed by atoms with Crippen LogP contribution >= 0.6 is 0 Å². The average Bonchev–Trinajstić information content (AvgIpc) is 3.95. The van der Waals surface area contributed by atoms with Gasteiger partial charge in [-0.2, -0.15) is 0 Å². The lowest BCUT2D eigenvalue weighted by molar-refractivity contribution is 0.669. The third-order valence-corrected chi connectivity index (χ3v) is 14.1. The van der Waals surface area contributed by atoms with Crippen LogP contribution in [0, 0.1) is 0 Å². The summed E-state index contributed by atoms with van der Waals surface area (Å²) >= 11 is 0. The highest BCUT2D eigenvalue weighted by Gasteiger charge is 2.20. The van der Waals surface area contributed by atoms with Crippen molar-refractivity contribution in [2.24, 2.45) is 0 Å². The molecule has 12 aromatic carbocycles. The van der Waals surface area contributed by atoms with Crippen LogP contribution in [0.25, 0.3) is 115 Å². The summed E-state index contributed by atoms with van der Waals surface area (Å²) < 4.78 is 8.85. The molecule has 3 heteroatoms. The van der Waals surface area contributed by atoms with Gasteiger partial charge < -0.3 is 13.9 Å². The van der Waals surface area contributed by atoms with E-state index in [1.165, 1.54) is 65.3 Å². The second-order valence-electron chi connectivity index (χ2n) is 18.1. The highest BCUT2D eigenvalue weighted by atomic mass is 16.3. The van der Waals surface area contributed by atoms with Crippen LogP contribution in [0.2, 0.25) is 0 Å². The average molecular weight is 879 g/mol. The van der Waals surface area contributed by atoms with Crippen molar-refractivity contribution in [3.8, 4) is 39.1 Å². The van der Waals surface area contributed by atoms with E-state index in [0.717, 1.165) is 66.9 Å². The van der Waals surface area contributed by atoms with Crippen LogP contribution < -0.4 is 4.90 Å². The lowest BCUT2D eigenvalue weighted by Gasteiger charge is -2.28. The predicted octanol–water partition coefficient (Wildman–Crippen LogP) is 18.6. The minimum absolute atomic E-state index is 0.883. The molecule has 0 aliphatic heterocycles. The summed E-state index contributed by atoms with van der Waals surface area (Å²) in [5.74, 6) is 0. The third kappa shape index (κ3) is 6.51. The number of para-hydroxylation sites is 3. The number of furan rings is 1. The first-order valence-electron chi connectivity index (χ1n) is 23.6. The van der Waals surface area contributed by atoms with Crippen molar-refractivity contribution >= 4 is 93.1 Å². The lowest BCUT2D eigenvalue weighted by Crippen LogP contribution is -2.11. The lowest BCUT2D eigenvalue weighted by atomic mass is 9.97. The fourth-order valence-corrected chi connectivity index (χ4v) is 10.8. The molecule has 0 spiro atoms. The quantitative estimate of drug-likeness (QED) is 0.149. The first kappa shape index (κ1) is 39.0. The molecular weight excluding hydrogens is 837 g/mol. The van der Waals surface area contributed by atoms with Gasteiger partial charge in [0.25, 0.3) is 0 Å². The van der Waals surface area contributed by atoms with E-state index < -0.39 is 0 Å². The summed E-state index contributed by atoms with van der Waals surface area (Å²) in [4.78, 5) is 2.40. The zero-order valence-corrected chi connectivity index (χ0v) is 37.6. The monoisotopic (exact) mass is 878 g/mol. The van der Waals surface area contributed by atoms with E-state index in [2.05, 4.69) is 264 Å². The standard InChI is InChI=1S/C66H42N2O/c1-2-14-48-42-66-61(40-47(48)13-1)60-41-51(31-37-65(60)69-66)57-18-5-8-21-62(57)67(53-34-28-44(29-35-53)49-30-36-56-50(38-49)25-24-45-12-3-4-17-55(45)56)52-32-26-43(27-33-52)46-15-11-16-54(39-46)68-63-22-9-6-19-58(63)59-20-7-10-23-64(59)68/h1-42H. The molecule has 0 N–H and O–H groups in total. The number of nitrogens with zero attached hydrogens (tertiary/aromatic N) is 2. The van der Waals surface area contributed by atoms with Gasteiger partial charge in [0.15, 0.2) is 0 Å². The Morgan fingerprint density at radius 3 is 1.58 bits per heavy atom. The molecule has 322 valence electrons. The Labute approximate surface area is 399 Å². The zero-order chi connectivity index (χ0) is 45.4. The van der Waals surface area contributed by atoms with Crippen LogP contribution in [0.5, 0.6) is 0 Å². The van der Waals surface area contributed by atoms with Gasteiger partial charge in [0.1, 0.15) is 11.2 Å². The van der Waals surface area contributed by atoms with Crippen molar-refractivity contribution < 1.29 is 4.42 Å². The number of hydrogen-bond donors (Lipinski definition) is 0. The topological polar surface area (TPSA) is 21.3 Å². The SMILES string of the molecule is c1cc(-c2ccc(N(c3ccc(-c4ccc5c(ccc6ccccc65)c4)cc3)c3ccccc3-c3ccc4oc5cc6ccccc6cc5c4c3)cc2)cc(-n2c3ccccc3c3ccccc32)c1. The van der Waals surface area contributed by atoms with Crippen molar-refractivity contribution in [2.75, 3.05) is 4.90 Å². The fraction of sp³-hybridized carbons (Fsp3) is 0. The Balaban J connectivity index is 0.881. The van der Waals surface area contributed by atoms with Gasteiger partial charge >= 0.3 is 0 Å². The van der Waals surface area contributed by atoms with Crippen LogP contribution in [-0.2, 0) is 0 Å². The van der Waals surface area contributed by atoms with Crippen LogP contribution in [0.15, 0.2) is 259 Å². The molecule has 0 radical (unpaired) electrons. The Morgan fingerprint density at radius 2 is 0.841 bits per heavy atom. The first-order valence-corrected chi connectivity index (χ1v) is 23.6. The van der Waals surface area contributed by atoms with Crippen molar-refractivity contribution in [1.82, 2.24) is 4.57 Å². The molecule has 2 aromatic heterocycles. The molecule has 14 rings (SSSR count). The van der Waals surface area contributed by atoms with Crippen LogP contribution in [0.3, 0.4) is 0 Å². The molecular formula is C66H42N2O. The minimum atomic E-state index is 0.883. The molecule has 69 heavy (non-hydrogen) atoms. The second-order valence-corrected chi connectivity index (χ2v) is 18.1. The highest BCUT2D eigenvalue weighted by Crippen LogP contribution is 2.44. The number of fused-ring (bicyclic) bond motifs is 10. The molecule has 0 saturated heterocycles. The van der Waals surface area contributed by atoms with Crippen LogP contribution in [0.4, 0.5) is 17.1 Å². The summed E-state index contributed by atoms with van der Waals surface area (Å²) in [6, 6.07) is 92.6. The molecule has 0 amide bonds. The van der Waals surface area contributed by atoms with Crippen LogP contribution in [0.1, 0.15) is 0 Å². The predicted molar refractivity (Wildman–Crippen MR) is 292 cm³/mol. The summed E-state index contributed by atoms with van der Waals surface area (Å²) in [5, 5.41) is 12.2. The first-order chi connectivity index (χ1) is 34.2. The van der Waals surface area contributed by atoms with Gasteiger partial charge in [0.2, 0.25) is 0 Å². The van der Waals surface area contributed by atoms with E-state index >= 15 is 0 Å². The normalized spacial score (nSPS) is 11.8. The Bertz CT molecular complexity index is 4260. The Morgan fingerprint density at radius 1 is 0.290 bits per heavy atom. The molecule has 3 nitrogen and oxygen atoms in total. The maximum absolute atomic E-state index is 6.46. The number of rotatable bonds is 7. The minimum Gasteiger partial charge on any atom is -0.456 e. The van der Waals surface area contributed by atoms with Gasteiger partial charge in [-0.25, -0.2) is 0 Å². The van der Waals surface area contributed by atoms with Crippen molar-refractivity contribution in [3.05, 3.63) is 255 Å². The number of aromatic nitrogens is 1. The van der Waals surface area contributed by atoms with Gasteiger partial charge in [0, 0.05) is 44.2 Å². The van der Waals surface area contributed by atoms with Crippen LogP contribution in [-0.4, -0.2) is 4.57 Å². The van der Waals surface area contributed by atoms with E-state index in [-0.39, 0.29) is 0 Å². The largest absolute Gasteiger partial charge is 0.456 e. The molecule has 0 unspecified atom stereocenters. The van der Waals surface area contributed by atoms with Gasteiger partial charge in [-0.15, -0.1) is 0 Å². The van der Waals surface area contributed by atoms with Gasteiger partial charge in [-0.05, 0) is 145 Å². The van der Waals surface area contributed by atoms with Crippen molar-refractivity contribution in [3.63, 3.8) is 0 Å². The van der Waals surface area contributed by atoms with E-state index in [9.17, 15) is 0 Å². The highest BCUT2D eigenvalue weighted by molar-refractivity contribution is 6.12. The molecule has 14 aromatic rings. The van der Waals surface area contributed by atoms with Crippen molar-refractivity contribution in [2.45, 2.75) is 0 Å². The molecule has 0 atom stereocenters. The molecule has 0 aliphatic rings. The summed E-state index contributed by atoms with van der Waals surface area (Å²) in [7, 11) is 0. The number of benzene rings is 12. The maximum atomic E-state index is 6.46. The number of hydrogen-bond acceptors (Lipinski definition) is 2. The van der Waals surface area contributed by atoms with Gasteiger partial charge in [-0.3, -0.25) is 0 Å². The Hall–Kier alpha value is -9.18. The van der Waals surface area contributed by atoms with Crippen molar-refractivity contribution in [1.29, 1.82) is 0 Å². The molecule has 2 heterocycles. The van der Waals surface area contributed by atoms with E-state index in [4.69, 9.17) is 4.42 Å². The van der Waals surface area contributed by atoms with Gasteiger partial charge in [-0.1, -0.05) is 170 Å². The third-order valence-electron chi connectivity index (χ3n) is 14.1. The smallest absolute Gasteiger partial charge is 0.136 e. The molecule has 0 bridgehead atoms. The number of anilines is 3.